The summed E-state index contributed by atoms with van der Waals surface area (Å²) in [5, 5.41) is 3.62. The smallest absolute Gasteiger partial charge is 0.0546 e. The predicted molar refractivity (Wildman–Crippen MR) is 88.4 cm³/mol. The molecule has 1 N–H and O–H groups in total. The lowest BCUT2D eigenvalue weighted by molar-refractivity contribution is -0.0245. The third kappa shape index (κ3) is 5.42. The first-order chi connectivity index (χ1) is 10.1. The fourth-order valence-corrected chi connectivity index (χ4v) is 3.17. The average Bonchev–Trinajstić information content (AvgIpc) is 2.47. The van der Waals surface area contributed by atoms with Crippen molar-refractivity contribution < 1.29 is 4.74 Å². The maximum Gasteiger partial charge on any atom is 0.0546 e. The number of nitrogens with one attached hydrogen (secondary N) is 1. The van der Waals surface area contributed by atoms with Gasteiger partial charge in [-0.05, 0) is 25.5 Å². The summed E-state index contributed by atoms with van der Waals surface area (Å²) >= 11 is 0. The van der Waals surface area contributed by atoms with Crippen LogP contribution in [0.1, 0.15) is 32.3 Å². The van der Waals surface area contributed by atoms with Gasteiger partial charge in [-0.15, -0.1) is 0 Å². The van der Waals surface area contributed by atoms with Crippen molar-refractivity contribution in [1.29, 1.82) is 0 Å². The first kappa shape index (κ1) is 16.5. The SMILES string of the molecule is CC(C)NCC1(CN(C)Cc2ccccc2)CCCOC1. The molecule has 0 radical (unpaired) electrons. The minimum Gasteiger partial charge on any atom is -0.381 e. The first-order valence-electron chi connectivity index (χ1n) is 8.13. The lowest BCUT2D eigenvalue weighted by atomic mass is 9.81. The summed E-state index contributed by atoms with van der Waals surface area (Å²) < 4.78 is 5.80. The number of rotatable bonds is 7. The third-order valence-corrected chi connectivity index (χ3v) is 4.19. The van der Waals surface area contributed by atoms with Crippen molar-refractivity contribution in [2.45, 2.75) is 39.3 Å². The highest BCUT2D eigenvalue weighted by Crippen LogP contribution is 2.29. The van der Waals surface area contributed by atoms with E-state index in [4.69, 9.17) is 4.74 Å². The number of hydrogen-bond donors (Lipinski definition) is 1. The largest absolute Gasteiger partial charge is 0.381 e. The molecule has 21 heavy (non-hydrogen) atoms. The van der Waals surface area contributed by atoms with Crippen molar-refractivity contribution in [3.63, 3.8) is 0 Å². The van der Waals surface area contributed by atoms with Crippen LogP contribution in [0, 0.1) is 5.41 Å². The Balaban J connectivity index is 1.93. The van der Waals surface area contributed by atoms with Gasteiger partial charge in [0, 0.05) is 37.7 Å². The van der Waals surface area contributed by atoms with Gasteiger partial charge in [0.1, 0.15) is 0 Å². The van der Waals surface area contributed by atoms with E-state index in [1.807, 2.05) is 0 Å². The lowest BCUT2D eigenvalue weighted by Crippen LogP contribution is -2.49. The van der Waals surface area contributed by atoms with E-state index in [1.165, 1.54) is 18.4 Å². The Morgan fingerprint density at radius 3 is 2.67 bits per heavy atom. The van der Waals surface area contributed by atoms with Gasteiger partial charge in [0.2, 0.25) is 0 Å². The molecule has 2 rings (SSSR count). The van der Waals surface area contributed by atoms with Crippen LogP contribution < -0.4 is 5.32 Å². The average molecular weight is 290 g/mol. The molecule has 3 nitrogen and oxygen atoms in total. The molecule has 0 bridgehead atoms. The van der Waals surface area contributed by atoms with Gasteiger partial charge >= 0.3 is 0 Å². The molecule has 1 aliphatic rings. The minimum atomic E-state index is 0.256. The van der Waals surface area contributed by atoms with Crippen LogP contribution in [0.3, 0.4) is 0 Å². The highest BCUT2D eigenvalue weighted by atomic mass is 16.5. The summed E-state index contributed by atoms with van der Waals surface area (Å²) in [5.41, 5.74) is 1.63. The summed E-state index contributed by atoms with van der Waals surface area (Å²) in [4.78, 5) is 2.44. The van der Waals surface area contributed by atoms with E-state index in [-0.39, 0.29) is 5.41 Å². The van der Waals surface area contributed by atoms with Gasteiger partial charge in [0.05, 0.1) is 6.61 Å². The number of nitrogens with zero attached hydrogens (tertiary/aromatic N) is 1. The monoisotopic (exact) mass is 290 g/mol. The Morgan fingerprint density at radius 1 is 1.29 bits per heavy atom. The van der Waals surface area contributed by atoms with Gasteiger partial charge < -0.3 is 15.0 Å². The highest BCUT2D eigenvalue weighted by molar-refractivity contribution is 5.14. The Labute approximate surface area is 129 Å². The van der Waals surface area contributed by atoms with Crippen LogP contribution in [-0.4, -0.2) is 44.3 Å². The van der Waals surface area contributed by atoms with Crippen molar-refractivity contribution in [1.82, 2.24) is 10.2 Å². The molecule has 1 fully saturated rings. The maximum atomic E-state index is 5.80. The van der Waals surface area contributed by atoms with Gasteiger partial charge in [-0.25, -0.2) is 0 Å². The molecule has 1 aromatic rings. The van der Waals surface area contributed by atoms with E-state index < -0.39 is 0 Å². The summed E-state index contributed by atoms with van der Waals surface area (Å²) in [6.45, 7) is 9.36. The van der Waals surface area contributed by atoms with Crippen molar-refractivity contribution in [3.8, 4) is 0 Å². The molecule has 1 saturated heterocycles. The van der Waals surface area contributed by atoms with E-state index in [0.717, 1.165) is 32.8 Å². The Kier molecular flexibility index (Phi) is 6.22. The quantitative estimate of drug-likeness (QED) is 0.835. The predicted octanol–water partition coefficient (Wildman–Crippen LogP) is 2.91. The zero-order valence-corrected chi connectivity index (χ0v) is 13.8. The Bertz CT molecular complexity index is 399. The molecule has 118 valence electrons. The molecule has 3 heteroatoms. The van der Waals surface area contributed by atoms with Crippen molar-refractivity contribution in [2.75, 3.05) is 33.4 Å². The molecule has 0 aliphatic carbocycles. The molecule has 0 spiro atoms. The van der Waals surface area contributed by atoms with Crippen LogP contribution in [0.25, 0.3) is 0 Å². The second-order valence-electron chi connectivity index (χ2n) is 6.85. The molecule has 0 aromatic heterocycles. The molecule has 0 saturated carbocycles. The number of ether oxygens (including phenoxy) is 1. The zero-order valence-electron chi connectivity index (χ0n) is 13.8. The molecule has 1 unspecified atom stereocenters. The van der Waals surface area contributed by atoms with Gasteiger partial charge in [0.15, 0.2) is 0 Å². The van der Waals surface area contributed by atoms with Crippen LogP contribution in [0.2, 0.25) is 0 Å². The van der Waals surface area contributed by atoms with Crippen LogP contribution >= 0.6 is 0 Å². The number of hydrogen-bond acceptors (Lipinski definition) is 3. The van der Waals surface area contributed by atoms with E-state index in [1.54, 1.807) is 0 Å². The van der Waals surface area contributed by atoms with E-state index >= 15 is 0 Å². The van der Waals surface area contributed by atoms with E-state index in [2.05, 4.69) is 61.4 Å². The van der Waals surface area contributed by atoms with Gasteiger partial charge in [-0.1, -0.05) is 44.2 Å². The van der Waals surface area contributed by atoms with Crippen molar-refractivity contribution >= 4 is 0 Å². The molecular weight excluding hydrogens is 260 g/mol. The summed E-state index contributed by atoms with van der Waals surface area (Å²) in [5.74, 6) is 0. The first-order valence-corrected chi connectivity index (χ1v) is 8.13. The second-order valence-corrected chi connectivity index (χ2v) is 6.85. The normalized spacial score (nSPS) is 22.9. The van der Waals surface area contributed by atoms with Crippen LogP contribution in [-0.2, 0) is 11.3 Å². The van der Waals surface area contributed by atoms with Crippen LogP contribution in [0.5, 0.6) is 0 Å². The number of benzene rings is 1. The minimum absolute atomic E-state index is 0.256. The van der Waals surface area contributed by atoms with Gasteiger partial charge in [-0.3, -0.25) is 0 Å². The molecular formula is C18H30N2O. The Morgan fingerprint density at radius 2 is 2.05 bits per heavy atom. The fraction of sp³-hybridized carbons (Fsp3) is 0.667. The Hall–Kier alpha value is -0.900. The van der Waals surface area contributed by atoms with Crippen LogP contribution in [0.4, 0.5) is 0 Å². The van der Waals surface area contributed by atoms with Gasteiger partial charge in [0.25, 0.3) is 0 Å². The lowest BCUT2D eigenvalue weighted by Gasteiger charge is -2.40. The topological polar surface area (TPSA) is 24.5 Å². The van der Waals surface area contributed by atoms with Crippen molar-refractivity contribution in [3.05, 3.63) is 35.9 Å². The van der Waals surface area contributed by atoms with Crippen molar-refractivity contribution in [2.24, 2.45) is 5.41 Å². The summed E-state index contributed by atoms with van der Waals surface area (Å²) in [6, 6.07) is 11.2. The third-order valence-electron chi connectivity index (χ3n) is 4.19. The zero-order chi connectivity index (χ0) is 15.1. The highest BCUT2D eigenvalue weighted by Gasteiger charge is 2.34. The summed E-state index contributed by atoms with van der Waals surface area (Å²) in [6.07, 6.45) is 2.44. The van der Waals surface area contributed by atoms with E-state index in [0.29, 0.717) is 6.04 Å². The standard InChI is InChI=1S/C18H30N2O/c1-16(2)19-13-18(10-7-11-21-15-18)14-20(3)12-17-8-5-4-6-9-17/h4-6,8-9,16,19H,7,10-15H2,1-3H3. The molecule has 1 atom stereocenters. The van der Waals surface area contributed by atoms with Crippen LogP contribution in [0.15, 0.2) is 30.3 Å². The molecule has 1 aromatic carbocycles. The van der Waals surface area contributed by atoms with E-state index in [9.17, 15) is 0 Å². The molecule has 1 aliphatic heterocycles. The molecule has 0 amide bonds. The summed E-state index contributed by atoms with van der Waals surface area (Å²) in [7, 11) is 2.22. The van der Waals surface area contributed by atoms with Gasteiger partial charge in [-0.2, -0.15) is 0 Å². The molecule has 1 heterocycles. The maximum absolute atomic E-state index is 5.80. The fourth-order valence-electron chi connectivity index (χ4n) is 3.17. The second kappa shape index (κ2) is 7.92.